The lowest BCUT2D eigenvalue weighted by Gasteiger charge is -2.18. The number of hydrogen-bond donors (Lipinski definition) is 1. The smallest absolute Gasteiger partial charge is 0.297 e. The van der Waals surface area contributed by atoms with E-state index < -0.39 is 11.6 Å². The molecule has 2 heterocycles. The zero-order valence-electron chi connectivity index (χ0n) is 16.0. The predicted molar refractivity (Wildman–Crippen MR) is 101 cm³/mol. The van der Waals surface area contributed by atoms with E-state index in [0.29, 0.717) is 34.7 Å². The SMILES string of the molecule is CC[C@@H](C(=O)Nc1cc(C)ccc1OC)n1nc(C)c2c(C)onc2c1=O. The Hall–Kier alpha value is -3.16. The van der Waals surface area contributed by atoms with Gasteiger partial charge < -0.3 is 14.6 Å². The lowest BCUT2D eigenvalue weighted by atomic mass is 10.1. The van der Waals surface area contributed by atoms with E-state index in [4.69, 9.17) is 9.26 Å². The highest BCUT2D eigenvalue weighted by atomic mass is 16.5. The molecule has 1 atom stereocenters. The van der Waals surface area contributed by atoms with Gasteiger partial charge in [-0.1, -0.05) is 18.1 Å². The second kappa shape index (κ2) is 7.22. The number of methoxy groups -OCH3 is 1. The van der Waals surface area contributed by atoms with Gasteiger partial charge in [-0.3, -0.25) is 9.59 Å². The Morgan fingerprint density at radius 1 is 1.33 bits per heavy atom. The van der Waals surface area contributed by atoms with Gasteiger partial charge in [0.15, 0.2) is 5.52 Å². The number of aromatic nitrogens is 3. The summed E-state index contributed by atoms with van der Waals surface area (Å²) in [5, 5.41) is 11.6. The summed E-state index contributed by atoms with van der Waals surface area (Å²) in [7, 11) is 1.54. The van der Waals surface area contributed by atoms with Gasteiger partial charge in [0, 0.05) is 0 Å². The molecule has 8 nitrogen and oxygen atoms in total. The highest BCUT2D eigenvalue weighted by molar-refractivity contribution is 5.95. The number of rotatable bonds is 5. The van der Waals surface area contributed by atoms with Gasteiger partial charge in [-0.2, -0.15) is 5.10 Å². The summed E-state index contributed by atoms with van der Waals surface area (Å²) in [5.41, 5.74) is 1.83. The molecule has 0 aliphatic carbocycles. The van der Waals surface area contributed by atoms with Crippen LogP contribution in [0.5, 0.6) is 5.75 Å². The Labute approximate surface area is 156 Å². The van der Waals surface area contributed by atoms with Crippen molar-refractivity contribution in [1.29, 1.82) is 0 Å². The van der Waals surface area contributed by atoms with Crippen molar-refractivity contribution < 1.29 is 14.1 Å². The molecule has 0 aliphatic rings. The largest absolute Gasteiger partial charge is 0.495 e. The third kappa shape index (κ3) is 3.30. The number of carbonyl (C=O) groups excluding carboxylic acids is 1. The van der Waals surface area contributed by atoms with Gasteiger partial charge >= 0.3 is 0 Å². The van der Waals surface area contributed by atoms with E-state index in [1.165, 1.54) is 11.8 Å². The van der Waals surface area contributed by atoms with Crippen LogP contribution in [-0.4, -0.2) is 28.0 Å². The van der Waals surface area contributed by atoms with Crippen LogP contribution in [-0.2, 0) is 4.79 Å². The molecule has 0 radical (unpaired) electrons. The molecule has 1 aromatic carbocycles. The molecular formula is C19H22N4O4. The number of aryl methyl sites for hydroxylation is 3. The van der Waals surface area contributed by atoms with E-state index in [1.807, 2.05) is 26.0 Å². The Bertz CT molecular complexity index is 1070. The number of benzene rings is 1. The number of hydrogen-bond acceptors (Lipinski definition) is 6. The summed E-state index contributed by atoms with van der Waals surface area (Å²) in [5.74, 6) is 0.721. The Kier molecular flexibility index (Phi) is 4.98. The molecule has 1 amide bonds. The zero-order valence-corrected chi connectivity index (χ0v) is 16.0. The second-order valence-electron chi connectivity index (χ2n) is 6.41. The summed E-state index contributed by atoms with van der Waals surface area (Å²) in [6.45, 7) is 7.22. The maximum atomic E-state index is 12.9. The number of nitrogens with one attached hydrogen (secondary N) is 1. The first-order chi connectivity index (χ1) is 12.9. The van der Waals surface area contributed by atoms with Crippen molar-refractivity contribution in [1.82, 2.24) is 14.9 Å². The number of nitrogens with zero attached hydrogens (tertiary/aromatic N) is 3. The molecule has 2 aromatic heterocycles. The fourth-order valence-electron chi connectivity index (χ4n) is 3.13. The maximum absolute atomic E-state index is 12.9. The quantitative estimate of drug-likeness (QED) is 0.741. The minimum Gasteiger partial charge on any atom is -0.495 e. The number of ether oxygens (including phenoxy) is 1. The number of amides is 1. The monoisotopic (exact) mass is 370 g/mol. The molecular weight excluding hydrogens is 348 g/mol. The highest BCUT2D eigenvalue weighted by Gasteiger charge is 2.25. The van der Waals surface area contributed by atoms with Crippen LogP contribution >= 0.6 is 0 Å². The predicted octanol–water partition coefficient (Wildman–Crippen LogP) is 2.91. The molecule has 3 rings (SSSR count). The van der Waals surface area contributed by atoms with Crippen LogP contribution in [0.1, 0.15) is 36.4 Å². The third-order valence-electron chi connectivity index (χ3n) is 4.49. The first-order valence-corrected chi connectivity index (χ1v) is 8.68. The summed E-state index contributed by atoms with van der Waals surface area (Å²) in [6, 6.07) is 4.70. The summed E-state index contributed by atoms with van der Waals surface area (Å²) >= 11 is 0. The molecule has 0 saturated carbocycles. The van der Waals surface area contributed by atoms with Gasteiger partial charge in [0.05, 0.1) is 23.9 Å². The van der Waals surface area contributed by atoms with Crippen LogP contribution in [0.15, 0.2) is 27.5 Å². The van der Waals surface area contributed by atoms with Crippen molar-refractivity contribution in [2.45, 2.75) is 40.2 Å². The maximum Gasteiger partial charge on any atom is 0.297 e. The van der Waals surface area contributed by atoms with Crippen molar-refractivity contribution in [2.24, 2.45) is 0 Å². The Balaban J connectivity index is 2.02. The average Bonchev–Trinajstić information content (AvgIpc) is 3.02. The van der Waals surface area contributed by atoms with Gasteiger partial charge in [0.1, 0.15) is 17.6 Å². The fourth-order valence-corrected chi connectivity index (χ4v) is 3.13. The van der Waals surface area contributed by atoms with Crippen LogP contribution in [0.4, 0.5) is 5.69 Å². The molecule has 3 aromatic rings. The van der Waals surface area contributed by atoms with Gasteiger partial charge in [0.2, 0.25) is 5.91 Å². The van der Waals surface area contributed by atoms with Crippen LogP contribution in [0.3, 0.4) is 0 Å². The van der Waals surface area contributed by atoms with Crippen molar-refractivity contribution in [2.75, 3.05) is 12.4 Å². The van der Waals surface area contributed by atoms with Crippen molar-refractivity contribution in [3.63, 3.8) is 0 Å². The van der Waals surface area contributed by atoms with Gasteiger partial charge in [-0.15, -0.1) is 0 Å². The molecule has 0 saturated heterocycles. The molecule has 0 fully saturated rings. The number of anilines is 1. The highest BCUT2D eigenvalue weighted by Crippen LogP contribution is 2.26. The lowest BCUT2D eigenvalue weighted by molar-refractivity contribution is -0.119. The van der Waals surface area contributed by atoms with E-state index in [0.717, 1.165) is 5.56 Å². The van der Waals surface area contributed by atoms with Crippen LogP contribution in [0.25, 0.3) is 10.9 Å². The molecule has 27 heavy (non-hydrogen) atoms. The van der Waals surface area contributed by atoms with E-state index >= 15 is 0 Å². The number of carbonyl (C=O) groups is 1. The lowest BCUT2D eigenvalue weighted by Crippen LogP contribution is -2.35. The zero-order chi connectivity index (χ0) is 19.7. The van der Waals surface area contributed by atoms with E-state index in [9.17, 15) is 9.59 Å². The Morgan fingerprint density at radius 2 is 2.07 bits per heavy atom. The van der Waals surface area contributed by atoms with Gasteiger partial charge in [0.25, 0.3) is 5.56 Å². The number of fused-ring (bicyclic) bond motifs is 1. The van der Waals surface area contributed by atoms with Crippen molar-refractivity contribution in [3.8, 4) is 5.75 Å². The second-order valence-corrected chi connectivity index (χ2v) is 6.41. The van der Waals surface area contributed by atoms with Crippen molar-refractivity contribution in [3.05, 3.63) is 45.6 Å². The molecule has 8 heteroatoms. The third-order valence-corrected chi connectivity index (χ3v) is 4.49. The molecule has 0 bridgehead atoms. The Morgan fingerprint density at radius 3 is 2.74 bits per heavy atom. The summed E-state index contributed by atoms with van der Waals surface area (Å²) < 4.78 is 11.6. The van der Waals surface area contributed by atoms with E-state index in [1.54, 1.807) is 19.9 Å². The molecule has 142 valence electrons. The molecule has 1 N–H and O–H groups in total. The molecule has 0 spiro atoms. The van der Waals surface area contributed by atoms with Crippen molar-refractivity contribution >= 4 is 22.5 Å². The first-order valence-electron chi connectivity index (χ1n) is 8.68. The topological polar surface area (TPSA) is 99.2 Å². The van der Waals surface area contributed by atoms with Gasteiger partial charge in [-0.05, 0) is 44.9 Å². The summed E-state index contributed by atoms with van der Waals surface area (Å²) in [6.07, 6.45) is 0.384. The fraction of sp³-hybridized carbons (Fsp3) is 0.368. The van der Waals surface area contributed by atoms with E-state index in [-0.39, 0.29) is 11.4 Å². The standard InChI is InChI=1S/C19H22N4O4/c1-6-14(18(24)20-13-9-10(2)7-8-15(13)26-5)23-19(25)17-16(11(3)21-23)12(4)27-22-17/h7-9,14H,6H2,1-5H3,(H,20,24)/t14-/m0/s1. The first kappa shape index (κ1) is 18.6. The van der Waals surface area contributed by atoms with Gasteiger partial charge in [-0.25, -0.2) is 4.68 Å². The van der Waals surface area contributed by atoms with Crippen LogP contribution in [0, 0.1) is 20.8 Å². The van der Waals surface area contributed by atoms with Crippen LogP contribution in [0.2, 0.25) is 0 Å². The minimum absolute atomic E-state index is 0.180. The van der Waals surface area contributed by atoms with Crippen LogP contribution < -0.4 is 15.6 Å². The summed E-state index contributed by atoms with van der Waals surface area (Å²) in [4.78, 5) is 25.7. The van der Waals surface area contributed by atoms with E-state index in [2.05, 4.69) is 15.6 Å². The molecule has 0 unspecified atom stereocenters. The average molecular weight is 370 g/mol. The normalized spacial score (nSPS) is 12.2. The molecule has 0 aliphatic heterocycles. The minimum atomic E-state index is -0.789.